The second-order valence-electron chi connectivity index (χ2n) is 6.10. The number of rotatable bonds is 7. The Balaban J connectivity index is 1.48. The summed E-state index contributed by atoms with van der Waals surface area (Å²) in [5.41, 5.74) is 1.31. The van der Waals surface area contributed by atoms with Gasteiger partial charge in [0.2, 0.25) is 17.7 Å². The van der Waals surface area contributed by atoms with E-state index >= 15 is 0 Å². The quantitative estimate of drug-likeness (QED) is 0.736. The van der Waals surface area contributed by atoms with Crippen molar-refractivity contribution >= 4 is 35.2 Å². The van der Waals surface area contributed by atoms with Gasteiger partial charge in [-0.1, -0.05) is 12.1 Å². The van der Waals surface area contributed by atoms with Gasteiger partial charge < -0.3 is 20.0 Å². The number of carbonyl (C=O) groups is 3. The topological polar surface area (TPSA) is 91.7 Å². The number of benzene rings is 1. The van der Waals surface area contributed by atoms with Crippen LogP contribution >= 0.6 is 0 Å². The third-order valence-corrected chi connectivity index (χ3v) is 4.14. The molecule has 0 radical (unpaired) electrons. The number of nitrogens with zero attached hydrogens (tertiary/aromatic N) is 1. The number of hydrogen-bond donors (Lipinski definition) is 2. The van der Waals surface area contributed by atoms with Crippen molar-refractivity contribution in [1.29, 1.82) is 0 Å². The van der Waals surface area contributed by atoms with Gasteiger partial charge >= 0.3 is 0 Å². The summed E-state index contributed by atoms with van der Waals surface area (Å²) in [6.45, 7) is 0.863. The lowest BCUT2D eigenvalue weighted by Crippen LogP contribution is -2.28. The van der Waals surface area contributed by atoms with Gasteiger partial charge in [0, 0.05) is 32.0 Å². The maximum absolute atomic E-state index is 12.2. The SMILES string of the molecule is O=C(/C=C/c1ccco1)NCCC(=O)Nc1ccccc1N1CCCC1=O. The fraction of sp³-hybridized carbons (Fsp3) is 0.250. The molecule has 0 bridgehead atoms. The van der Waals surface area contributed by atoms with E-state index < -0.39 is 0 Å². The molecule has 140 valence electrons. The van der Waals surface area contributed by atoms with Gasteiger partial charge in [-0.05, 0) is 36.8 Å². The highest BCUT2D eigenvalue weighted by molar-refractivity contribution is 6.02. The van der Waals surface area contributed by atoms with Crippen LogP contribution in [-0.2, 0) is 14.4 Å². The molecular formula is C20H21N3O4. The Labute approximate surface area is 157 Å². The minimum atomic E-state index is -0.303. The normalized spacial score (nSPS) is 13.9. The van der Waals surface area contributed by atoms with Gasteiger partial charge in [0.05, 0.1) is 17.6 Å². The van der Waals surface area contributed by atoms with Crippen molar-refractivity contribution in [3.63, 3.8) is 0 Å². The Morgan fingerprint density at radius 1 is 1.19 bits per heavy atom. The Kier molecular flexibility index (Phi) is 6.04. The van der Waals surface area contributed by atoms with Crippen molar-refractivity contribution in [2.24, 2.45) is 0 Å². The van der Waals surface area contributed by atoms with Gasteiger partial charge in [-0.2, -0.15) is 0 Å². The average molecular weight is 367 g/mol. The molecule has 0 spiro atoms. The monoisotopic (exact) mass is 367 g/mol. The Morgan fingerprint density at radius 3 is 2.78 bits per heavy atom. The molecule has 27 heavy (non-hydrogen) atoms. The van der Waals surface area contributed by atoms with Gasteiger partial charge in [-0.3, -0.25) is 14.4 Å². The second kappa shape index (κ2) is 8.84. The average Bonchev–Trinajstić information content (AvgIpc) is 3.32. The summed E-state index contributed by atoms with van der Waals surface area (Å²) in [4.78, 5) is 37.6. The lowest BCUT2D eigenvalue weighted by molar-refractivity contribution is -0.118. The lowest BCUT2D eigenvalue weighted by Gasteiger charge is -2.20. The summed E-state index contributed by atoms with van der Waals surface area (Å²) in [5.74, 6) is 0.106. The summed E-state index contributed by atoms with van der Waals surface area (Å²) < 4.78 is 5.10. The van der Waals surface area contributed by atoms with E-state index in [2.05, 4.69) is 10.6 Å². The lowest BCUT2D eigenvalue weighted by atomic mass is 10.2. The number of hydrogen-bond acceptors (Lipinski definition) is 4. The van der Waals surface area contributed by atoms with Crippen molar-refractivity contribution in [2.75, 3.05) is 23.3 Å². The van der Waals surface area contributed by atoms with Crippen molar-refractivity contribution < 1.29 is 18.8 Å². The van der Waals surface area contributed by atoms with E-state index in [1.165, 1.54) is 12.3 Å². The molecule has 1 aromatic carbocycles. The fourth-order valence-corrected chi connectivity index (χ4v) is 2.83. The van der Waals surface area contributed by atoms with E-state index in [0.717, 1.165) is 6.42 Å². The zero-order valence-electron chi connectivity index (χ0n) is 14.8. The Bertz CT molecular complexity index is 843. The van der Waals surface area contributed by atoms with E-state index in [9.17, 15) is 14.4 Å². The van der Waals surface area contributed by atoms with Crippen LogP contribution in [0.5, 0.6) is 0 Å². The predicted octanol–water partition coefficient (Wildman–Crippen LogP) is 2.56. The summed E-state index contributed by atoms with van der Waals surface area (Å²) in [6, 6.07) is 10.7. The first kappa shape index (κ1) is 18.4. The van der Waals surface area contributed by atoms with Gasteiger partial charge in [-0.25, -0.2) is 0 Å². The van der Waals surface area contributed by atoms with E-state index in [-0.39, 0.29) is 30.7 Å². The second-order valence-corrected chi connectivity index (χ2v) is 6.10. The van der Waals surface area contributed by atoms with Crippen LogP contribution < -0.4 is 15.5 Å². The number of furan rings is 1. The molecule has 1 fully saturated rings. The van der Waals surface area contributed by atoms with Crippen molar-refractivity contribution in [3.8, 4) is 0 Å². The Morgan fingerprint density at radius 2 is 2.04 bits per heavy atom. The highest BCUT2D eigenvalue weighted by Crippen LogP contribution is 2.29. The van der Waals surface area contributed by atoms with Crippen molar-refractivity contribution in [3.05, 3.63) is 54.5 Å². The third kappa shape index (κ3) is 5.07. The van der Waals surface area contributed by atoms with E-state index in [4.69, 9.17) is 4.42 Å². The van der Waals surface area contributed by atoms with Crippen LogP contribution in [0, 0.1) is 0 Å². The van der Waals surface area contributed by atoms with Crippen LogP contribution in [0.25, 0.3) is 6.08 Å². The molecule has 0 saturated carbocycles. The van der Waals surface area contributed by atoms with Crippen LogP contribution in [0.2, 0.25) is 0 Å². The maximum Gasteiger partial charge on any atom is 0.244 e. The number of amides is 3. The molecule has 2 heterocycles. The van der Waals surface area contributed by atoms with Gasteiger partial charge in [0.1, 0.15) is 5.76 Å². The fourth-order valence-electron chi connectivity index (χ4n) is 2.83. The molecule has 1 saturated heterocycles. The molecule has 1 aromatic heterocycles. The van der Waals surface area contributed by atoms with Crippen LogP contribution in [0.15, 0.2) is 53.2 Å². The first-order chi connectivity index (χ1) is 13.1. The molecule has 7 heteroatoms. The largest absolute Gasteiger partial charge is 0.465 e. The van der Waals surface area contributed by atoms with E-state index in [1.807, 2.05) is 12.1 Å². The summed E-state index contributed by atoms with van der Waals surface area (Å²) >= 11 is 0. The zero-order valence-corrected chi connectivity index (χ0v) is 14.8. The standard InChI is InChI=1S/C20H21N3O4/c24-18(10-9-15-5-4-14-27-15)21-12-11-19(25)22-16-6-1-2-7-17(16)23-13-3-8-20(23)26/h1-2,4-7,9-10,14H,3,8,11-13H2,(H,21,24)(H,22,25)/b10-9+. The maximum atomic E-state index is 12.2. The molecule has 0 unspecified atom stereocenters. The van der Waals surface area contributed by atoms with Crippen molar-refractivity contribution in [2.45, 2.75) is 19.3 Å². The van der Waals surface area contributed by atoms with Crippen LogP contribution in [0.3, 0.4) is 0 Å². The molecule has 0 atom stereocenters. The van der Waals surface area contributed by atoms with Gasteiger partial charge in [0.25, 0.3) is 0 Å². The van der Waals surface area contributed by atoms with E-state index in [0.29, 0.717) is 30.1 Å². The number of para-hydroxylation sites is 2. The Hall–Kier alpha value is -3.35. The summed E-state index contributed by atoms with van der Waals surface area (Å²) in [5, 5.41) is 5.46. The van der Waals surface area contributed by atoms with Gasteiger partial charge in [0.15, 0.2) is 0 Å². The molecule has 7 nitrogen and oxygen atoms in total. The highest BCUT2D eigenvalue weighted by atomic mass is 16.3. The number of carbonyl (C=O) groups excluding carboxylic acids is 3. The predicted molar refractivity (Wildman–Crippen MR) is 102 cm³/mol. The zero-order chi connectivity index (χ0) is 19.1. The van der Waals surface area contributed by atoms with E-state index in [1.54, 1.807) is 35.2 Å². The van der Waals surface area contributed by atoms with Crippen molar-refractivity contribution in [1.82, 2.24) is 5.32 Å². The minimum absolute atomic E-state index is 0.0623. The first-order valence-electron chi connectivity index (χ1n) is 8.82. The summed E-state index contributed by atoms with van der Waals surface area (Å²) in [7, 11) is 0. The highest BCUT2D eigenvalue weighted by Gasteiger charge is 2.24. The summed E-state index contributed by atoms with van der Waals surface area (Å²) in [6.07, 6.45) is 5.90. The van der Waals surface area contributed by atoms with Crippen LogP contribution in [0.1, 0.15) is 25.0 Å². The molecule has 3 amide bonds. The number of anilines is 2. The first-order valence-corrected chi connectivity index (χ1v) is 8.82. The third-order valence-electron chi connectivity index (χ3n) is 4.14. The minimum Gasteiger partial charge on any atom is -0.465 e. The van der Waals surface area contributed by atoms with Crippen LogP contribution in [-0.4, -0.2) is 30.8 Å². The van der Waals surface area contributed by atoms with Crippen LogP contribution in [0.4, 0.5) is 11.4 Å². The number of nitrogens with one attached hydrogen (secondary N) is 2. The van der Waals surface area contributed by atoms with Gasteiger partial charge in [-0.15, -0.1) is 0 Å². The molecule has 1 aliphatic rings. The molecule has 3 rings (SSSR count). The molecular weight excluding hydrogens is 346 g/mol. The smallest absolute Gasteiger partial charge is 0.244 e. The molecule has 0 aliphatic carbocycles. The molecule has 2 N–H and O–H groups in total. The molecule has 1 aliphatic heterocycles. The molecule has 2 aromatic rings.